The third-order valence-corrected chi connectivity index (χ3v) is 6.05. The number of hydrogen-bond acceptors (Lipinski definition) is 8. The Balaban J connectivity index is 1.30. The van der Waals surface area contributed by atoms with Crippen molar-refractivity contribution < 1.29 is 19.0 Å². The number of carbonyl (C=O) groups is 1. The Morgan fingerprint density at radius 3 is 2.94 bits per heavy atom. The summed E-state index contributed by atoms with van der Waals surface area (Å²) in [5, 5.41) is 3.76. The van der Waals surface area contributed by atoms with Crippen molar-refractivity contribution >= 4 is 40.0 Å². The number of nitrogens with zero attached hydrogens (tertiary/aromatic N) is 4. The number of ether oxygens (including phenoxy) is 3. The lowest BCUT2D eigenvalue weighted by Gasteiger charge is -2.25. The van der Waals surface area contributed by atoms with Gasteiger partial charge in [0.05, 0.1) is 36.9 Å². The number of benzene rings is 1. The van der Waals surface area contributed by atoms with Crippen LogP contribution in [0.2, 0.25) is 5.02 Å². The number of halogens is 1. The first kappa shape index (κ1) is 22.4. The smallest absolute Gasteiger partial charge is 0.246 e. The Kier molecular flexibility index (Phi) is 6.46. The third kappa shape index (κ3) is 4.90. The van der Waals surface area contributed by atoms with E-state index in [4.69, 9.17) is 25.8 Å². The average Bonchev–Trinajstić information content (AvgIpc) is 3.28. The van der Waals surface area contributed by atoms with E-state index in [0.717, 1.165) is 25.3 Å². The van der Waals surface area contributed by atoms with Gasteiger partial charge in [-0.25, -0.2) is 15.0 Å². The molecule has 5 rings (SSSR count). The maximum atomic E-state index is 11.8. The van der Waals surface area contributed by atoms with E-state index < -0.39 is 0 Å². The fourth-order valence-electron chi connectivity index (χ4n) is 3.82. The molecule has 1 aromatic carbocycles. The molecule has 0 radical (unpaired) electrons. The number of anilines is 2. The zero-order chi connectivity index (χ0) is 23.5. The standard InChI is InChI=1S/C24H24ClN5O4/c1-2-22(31)30-8-7-17(10-30)34-21-6-4-19-23(29-21)24(27-14-26-19)28-16-3-5-20(18(25)9-16)33-13-15-11-32-12-15/h2-6,9,14-15,17H,1,7-8,10-13H2,(H,26,27,28)/t17-/m0/s1. The maximum absolute atomic E-state index is 11.8. The number of rotatable bonds is 8. The van der Waals surface area contributed by atoms with E-state index in [9.17, 15) is 4.79 Å². The highest BCUT2D eigenvalue weighted by atomic mass is 35.5. The molecule has 2 fully saturated rings. The molecule has 3 aromatic rings. The number of hydrogen-bond donors (Lipinski definition) is 1. The van der Waals surface area contributed by atoms with Crippen LogP contribution < -0.4 is 14.8 Å². The Bertz CT molecular complexity index is 1220. The van der Waals surface area contributed by atoms with Crippen LogP contribution in [0.15, 0.2) is 49.3 Å². The lowest BCUT2D eigenvalue weighted by atomic mass is 10.1. The molecule has 9 nitrogen and oxygen atoms in total. The summed E-state index contributed by atoms with van der Waals surface area (Å²) in [5.41, 5.74) is 1.98. The molecule has 4 heterocycles. The van der Waals surface area contributed by atoms with Gasteiger partial charge in [0.15, 0.2) is 5.82 Å². The van der Waals surface area contributed by atoms with Gasteiger partial charge >= 0.3 is 0 Å². The van der Waals surface area contributed by atoms with E-state index in [0.29, 0.717) is 59.1 Å². The van der Waals surface area contributed by atoms with Crippen LogP contribution in [0, 0.1) is 5.92 Å². The minimum atomic E-state index is -0.132. The summed E-state index contributed by atoms with van der Waals surface area (Å²) in [4.78, 5) is 26.8. The molecule has 2 aliphatic heterocycles. The molecule has 1 amide bonds. The topological polar surface area (TPSA) is 98.7 Å². The van der Waals surface area contributed by atoms with Gasteiger partial charge in [0.2, 0.25) is 11.8 Å². The van der Waals surface area contributed by atoms with Crippen LogP contribution in [0.1, 0.15) is 6.42 Å². The van der Waals surface area contributed by atoms with Crippen LogP contribution in [-0.4, -0.2) is 64.8 Å². The van der Waals surface area contributed by atoms with E-state index in [2.05, 4.69) is 26.8 Å². The molecule has 2 aliphatic rings. The maximum Gasteiger partial charge on any atom is 0.246 e. The average molecular weight is 482 g/mol. The van der Waals surface area contributed by atoms with Gasteiger partial charge in [0.25, 0.3) is 0 Å². The summed E-state index contributed by atoms with van der Waals surface area (Å²) >= 11 is 6.42. The molecule has 176 valence electrons. The van der Waals surface area contributed by atoms with Gasteiger partial charge in [-0.15, -0.1) is 0 Å². The monoisotopic (exact) mass is 481 g/mol. The quantitative estimate of drug-likeness (QED) is 0.487. The van der Waals surface area contributed by atoms with Crippen molar-refractivity contribution in [2.45, 2.75) is 12.5 Å². The van der Waals surface area contributed by atoms with Gasteiger partial charge in [0.1, 0.15) is 23.7 Å². The van der Waals surface area contributed by atoms with Crippen molar-refractivity contribution in [3.05, 3.63) is 54.3 Å². The zero-order valence-corrected chi connectivity index (χ0v) is 19.2. The number of pyridine rings is 1. The lowest BCUT2D eigenvalue weighted by Crippen LogP contribution is -2.32. The molecule has 0 bridgehead atoms. The lowest BCUT2D eigenvalue weighted by molar-refractivity contribution is -0.125. The predicted octanol–water partition coefficient (Wildman–Crippen LogP) is 3.61. The van der Waals surface area contributed by atoms with E-state index in [-0.39, 0.29) is 12.0 Å². The van der Waals surface area contributed by atoms with Crippen LogP contribution in [0.4, 0.5) is 11.5 Å². The molecule has 0 spiro atoms. The molecule has 0 unspecified atom stereocenters. The highest BCUT2D eigenvalue weighted by Crippen LogP contribution is 2.31. The first-order valence-electron chi connectivity index (χ1n) is 11.1. The van der Waals surface area contributed by atoms with Crippen molar-refractivity contribution in [2.24, 2.45) is 5.92 Å². The van der Waals surface area contributed by atoms with Gasteiger partial charge < -0.3 is 24.4 Å². The third-order valence-electron chi connectivity index (χ3n) is 5.75. The van der Waals surface area contributed by atoms with E-state index >= 15 is 0 Å². The fraction of sp³-hybridized carbons (Fsp3) is 0.333. The van der Waals surface area contributed by atoms with Crippen molar-refractivity contribution in [3.8, 4) is 11.6 Å². The Hall–Kier alpha value is -3.43. The minimum Gasteiger partial charge on any atom is -0.492 e. The van der Waals surface area contributed by atoms with E-state index in [1.807, 2.05) is 18.2 Å². The van der Waals surface area contributed by atoms with Gasteiger partial charge in [-0.3, -0.25) is 4.79 Å². The highest BCUT2D eigenvalue weighted by Gasteiger charge is 2.26. The molecular weight excluding hydrogens is 458 g/mol. The minimum absolute atomic E-state index is 0.0930. The number of aromatic nitrogens is 3. The number of carbonyl (C=O) groups excluding carboxylic acids is 1. The summed E-state index contributed by atoms with van der Waals surface area (Å²) < 4.78 is 17.0. The normalized spacial score (nSPS) is 17.9. The highest BCUT2D eigenvalue weighted by molar-refractivity contribution is 6.32. The van der Waals surface area contributed by atoms with Crippen LogP contribution in [0.25, 0.3) is 11.0 Å². The molecule has 2 saturated heterocycles. The Morgan fingerprint density at radius 2 is 2.18 bits per heavy atom. The van der Waals surface area contributed by atoms with Crippen LogP contribution in [0.3, 0.4) is 0 Å². The van der Waals surface area contributed by atoms with Crippen molar-refractivity contribution in [3.63, 3.8) is 0 Å². The number of likely N-dealkylation sites (tertiary alicyclic amines) is 1. The summed E-state index contributed by atoms with van der Waals surface area (Å²) in [5.74, 6) is 1.93. The SMILES string of the molecule is C=CC(=O)N1CC[C@H](Oc2ccc3ncnc(Nc4ccc(OCC5COC5)c(Cl)c4)c3n2)C1. The summed E-state index contributed by atoms with van der Waals surface area (Å²) in [6.07, 6.45) is 3.40. The summed E-state index contributed by atoms with van der Waals surface area (Å²) in [6, 6.07) is 9.09. The molecule has 2 aromatic heterocycles. The summed E-state index contributed by atoms with van der Waals surface area (Å²) in [7, 11) is 0. The van der Waals surface area contributed by atoms with Gasteiger partial charge in [-0.1, -0.05) is 18.2 Å². The van der Waals surface area contributed by atoms with Gasteiger partial charge in [0, 0.05) is 30.6 Å². The molecule has 0 saturated carbocycles. The Labute approximate surface area is 201 Å². The number of nitrogens with one attached hydrogen (secondary N) is 1. The molecule has 10 heteroatoms. The van der Waals surface area contributed by atoms with Crippen molar-refractivity contribution in [2.75, 3.05) is 38.2 Å². The van der Waals surface area contributed by atoms with Gasteiger partial charge in [-0.2, -0.15) is 0 Å². The Morgan fingerprint density at radius 1 is 1.29 bits per heavy atom. The van der Waals surface area contributed by atoms with Crippen LogP contribution >= 0.6 is 11.6 Å². The summed E-state index contributed by atoms with van der Waals surface area (Å²) in [6.45, 7) is 6.70. The van der Waals surface area contributed by atoms with E-state index in [1.54, 1.807) is 17.0 Å². The number of amides is 1. The second-order valence-corrected chi connectivity index (χ2v) is 8.65. The molecule has 1 atom stereocenters. The zero-order valence-electron chi connectivity index (χ0n) is 18.4. The van der Waals surface area contributed by atoms with Crippen LogP contribution in [0.5, 0.6) is 11.6 Å². The number of fused-ring (bicyclic) bond motifs is 1. The largest absolute Gasteiger partial charge is 0.492 e. The van der Waals surface area contributed by atoms with Crippen molar-refractivity contribution in [1.82, 2.24) is 19.9 Å². The second-order valence-electron chi connectivity index (χ2n) is 8.24. The first-order chi connectivity index (χ1) is 16.6. The predicted molar refractivity (Wildman–Crippen MR) is 128 cm³/mol. The molecule has 1 N–H and O–H groups in total. The fourth-order valence-corrected chi connectivity index (χ4v) is 4.06. The van der Waals surface area contributed by atoms with Crippen LogP contribution in [-0.2, 0) is 9.53 Å². The van der Waals surface area contributed by atoms with E-state index in [1.165, 1.54) is 12.4 Å². The molecule has 0 aliphatic carbocycles. The first-order valence-corrected chi connectivity index (χ1v) is 11.4. The molecule has 34 heavy (non-hydrogen) atoms. The molecular formula is C24H24ClN5O4. The van der Waals surface area contributed by atoms with Gasteiger partial charge in [-0.05, 0) is 30.3 Å². The second kappa shape index (κ2) is 9.82. The van der Waals surface area contributed by atoms with Crippen molar-refractivity contribution in [1.29, 1.82) is 0 Å².